The van der Waals surface area contributed by atoms with Crippen LogP contribution in [0.5, 0.6) is 0 Å². The molecule has 26 heavy (non-hydrogen) atoms. The van der Waals surface area contributed by atoms with Gasteiger partial charge in [-0.1, -0.05) is 18.2 Å². The predicted molar refractivity (Wildman–Crippen MR) is 93.7 cm³/mol. The van der Waals surface area contributed by atoms with Gasteiger partial charge in [-0.05, 0) is 45.0 Å². The van der Waals surface area contributed by atoms with Crippen LogP contribution >= 0.6 is 0 Å². The number of rotatable bonds is 3. The molecule has 2 aromatic carbocycles. The van der Waals surface area contributed by atoms with E-state index >= 15 is 0 Å². The lowest BCUT2D eigenvalue weighted by Crippen LogP contribution is -2.38. The number of para-hydroxylation sites is 1. The lowest BCUT2D eigenvalue weighted by Gasteiger charge is -2.26. The van der Waals surface area contributed by atoms with E-state index in [1.807, 2.05) is 0 Å². The van der Waals surface area contributed by atoms with E-state index in [1.165, 1.54) is 24.3 Å². The maximum atomic E-state index is 12.4. The van der Waals surface area contributed by atoms with Crippen molar-refractivity contribution in [2.45, 2.75) is 26.4 Å². The minimum atomic E-state index is -0.862. The SMILES string of the molecule is CC(C)(C)OC(=O)N(OC(=O)c1ccc([N+](=O)[O-])cc1)c1ccccc1. The molecule has 8 nitrogen and oxygen atoms in total. The van der Waals surface area contributed by atoms with Gasteiger partial charge < -0.3 is 9.57 Å². The summed E-state index contributed by atoms with van der Waals surface area (Å²) in [6.45, 7) is 5.06. The Hall–Kier alpha value is -3.42. The number of nitrogens with zero attached hydrogens (tertiary/aromatic N) is 2. The van der Waals surface area contributed by atoms with E-state index in [-0.39, 0.29) is 11.3 Å². The summed E-state index contributed by atoms with van der Waals surface area (Å²) in [5.74, 6) is -0.852. The molecule has 0 bridgehead atoms. The maximum absolute atomic E-state index is 12.4. The molecule has 0 unspecified atom stereocenters. The highest BCUT2D eigenvalue weighted by Crippen LogP contribution is 2.20. The summed E-state index contributed by atoms with van der Waals surface area (Å²) >= 11 is 0. The topological polar surface area (TPSA) is 99.0 Å². The molecule has 1 amide bonds. The van der Waals surface area contributed by atoms with Crippen molar-refractivity contribution in [3.63, 3.8) is 0 Å². The molecule has 136 valence electrons. The molecule has 0 N–H and O–H groups in total. The van der Waals surface area contributed by atoms with Gasteiger partial charge in [0.15, 0.2) is 0 Å². The molecule has 0 heterocycles. The first-order valence-electron chi connectivity index (χ1n) is 7.72. The molecule has 0 aliphatic rings. The molecule has 0 fully saturated rings. The molecule has 0 aliphatic carbocycles. The van der Waals surface area contributed by atoms with Crippen LogP contribution in [0.4, 0.5) is 16.2 Å². The van der Waals surface area contributed by atoms with E-state index in [0.717, 1.165) is 5.06 Å². The zero-order valence-corrected chi connectivity index (χ0v) is 14.5. The third-order valence-electron chi connectivity index (χ3n) is 3.04. The second-order valence-electron chi connectivity index (χ2n) is 6.29. The van der Waals surface area contributed by atoms with Crippen LogP contribution in [0.2, 0.25) is 0 Å². The van der Waals surface area contributed by atoms with Gasteiger partial charge in [-0.2, -0.15) is 0 Å². The van der Waals surface area contributed by atoms with Crippen molar-refractivity contribution >= 4 is 23.4 Å². The third kappa shape index (κ3) is 5.04. The number of nitro groups is 1. The number of amides is 1. The Labute approximate surface area is 150 Å². The first-order valence-corrected chi connectivity index (χ1v) is 7.72. The van der Waals surface area contributed by atoms with Crippen LogP contribution in [-0.2, 0) is 9.57 Å². The second-order valence-corrected chi connectivity index (χ2v) is 6.29. The van der Waals surface area contributed by atoms with Gasteiger partial charge in [0.2, 0.25) is 0 Å². The highest BCUT2D eigenvalue weighted by atomic mass is 16.8. The van der Waals surface area contributed by atoms with Crippen LogP contribution in [0.25, 0.3) is 0 Å². The Balaban J connectivity index is 2.24. The summed E-state index contributed by atoms with van der Waals surface area (Å²) in [6, 6.07) is 13.1. The van der Waals surface area contributed by atoms with Crippen LogP contribution in [0, 0.1) is 10.1 Å². The fourth-order valence-electron chi connectivity index (χ4n) is 1.92. The van der Waals surface area contributed by atoms with Crippen LogP contribution in [0.3, 0.4) is 0 Å². The molecule has 2 rings (SSSR count). The van der Waals surface area contributed by atoms with E-state index in [0.29, 0.717) is 5.69 Å². The van der Waals surface area contributed by atoms with Gasteiger partial charge in [0.1, 0.15) is 5.60 Å². The zero-order chi connectivity index (χ0) is 19.3. The van der Waals surface area contributed by atoms with Crippen molar-refractivity contribution in [3.05, 3.63) is 70.3 Å². The van der Waals surface area contributed by atoms with Crippen molar-refractivity contribution in [1.29, 1.82) is 0 Å². The monoisotopic (exact) mass is 358 g/mol. The Bertz CT molecular complexity index is 797. The van der Waals surface area contributed by atoms with Crippen LogP contribution in [0.1, 0.15) is 31.1 Å². The van der Waals surface area contributed by atoms with Gasteiger partial charge in [0, 0.05) is 12.1 Å². The Morgan fingerprint density at radius 1 is 1.00 bits per heavy atom. The van der Waals surface area contributed by atoms with Crippen molar-refractivity contribution in [3.8, 4) is 0 Å². The summed E-state index contributed by atoms with van der Waals surface area (Å²) in [7, 11) is 0. The van der Waals surface area contributed by atoms with Crippen LogP contribution in [0.15, 0.2) is 54.6 Å². The zero-order valence-electron chi connectivity index (χ0n) is 14.5. The summed E-state index contributed by atoms with van der Waals surface area (Å²) in [5.41, 5.74) is -0.588. The van der Waals surface area contributed by atoms with Crippen LogP contribution < -0.4 is 5.06 Å². The number of carbonyl (C=O) groups is 2. The van der Waals surface area contributed by atoms with E-state index in [9.17, 15) is 19.7 Å². The Morgan fingerprint density at radius 3 is 2.08 bits per heavy atom. The molecule has 0 radical (unpaired) electrons. The van der Waals surface area contributed by atoms with Gasteiger partial charge >= 0.3 is 12.1 Å². The first kappa shape index (κ1) is 18.9. The maximum Gasteiger partial charge on any atom is 0.448 e. The van der Waals surface area contributed by atoms with Gasteiger partial charge in [0.05, 0.1) is 16.2 Å². The smallest absolute Gasteiger partial charge is 0.441 e. The largest absolute Gasteiger partial charge is 0.448 e. The highest BCUT2D eigenvalue weighted by molar-refractivity contribution is 5.94. The molecule has 0 spiro atoms. The van der Waals surface area contributed by atoms with Gasteiger partial charge in [-0.15, -0.1) is 5.06 Å². The summed E-state index contributed by atoms with van der Waals surface area (Å²) < 4.78 is 5.26. The van der Waals surface area contributed by atoms with E-state index in [4.69, 9.17) is 9.57 Å². The molecule has 0 aromatic heterocycles. The molecule has 0 aliphatic heterocycles. The van der Waals surface area contributed by atoms with Crippen molar-refractivity contribution in [2.24, 2.45) is 0 Å². The number of ether oxygens (including phenoxy) is 1. The van der Waals surface area contributed by atoms with Crippen molar-refractivity contribution < 1.29 is 24.1 Å². The van der Waals surface area contributed by atoms with E-state index < -0.39 is 22.6 Å². The first-order chi connectivity index (χ1) is 12.2. The average Bonchev–Trinajstić information content (AvgIpc) is 2.58. The number of non-ortho nitro benzene ring substituents is 1. The standard InChI is InChI=1S/C18H18N2O6/c1-18(2,3)25-17(22)19(14-7-5-4-6-8-14)26-16(21)13-9-11-15(12-10-13)20(23)24/h4-12H,1-3H3. The Morgan fingerprint density at radius 2 is 1.58 bits per heavy atom. The molecular weight excluding hydrogens is 340 g/mol. The predicted octanol–water partition coefficient (Wildman–Crippen LogP) is 4.11. The van der Waals surface area contributed by atoms with Gasteiger partial charge in [0.25, 0.3) is 5.69 Å². The highest BCUT2D eigenvalue weighted by Gasteiger charge is 2.27. The van der Waals surface area contributed by atoms with Crippen molar-refractivity contribution in [1.82, 2.24) is 0 Å². The minimum absolute atomic E-state index is 0.0556. The van der Waals surface area contributed by atoms with Gasteiger partial charge in [-0.25, -0.2) is 9.59 Å². The summed E-state index contributed by atoms with van der Waals surface area (Å²) in [5, 5.41) is 11.4. The van der Waals surface area contributed by atoms with Crippen molar-refractivity contribution in [2.75, 3.05) is 5.06 Å². The second kappa shape index (κ2) is 7.64. The minimum Gasteiger partial charge on any atom is -0.441 e. The fraction of sp³-hybridized carbons (Fsp3) is 0.222. The van der Waals surface area contributed by atoms with Crippen LogP contribution in [-0.4, -0.2) is 22.6 Å². The number of nitro benzene ring substituents is 1. The Kier molecular flexibility index (Phi) is 5.56. The normalized spacial score (nSPS) is 10.7. The molecule has 2 aromatic rings. The average molecular weight is 358 g/mol. The molecule has 0 atom stereocenters. The number of hydroxylamine groups is 1. The van der Waals surface area contributed by atoms with E-state index in [1.54, 1.807) is 51.1 Å². The number of benzene rings is 2. The quantitative estimate of drug-likeness (QED) is 0.605. The lowest BCUT2D eigenvalue weighted by molar-refractivity contribution is -0.384. The van der Waals surface area contributed by atoms with E-state index in [2.05, 4.69) is 0 Å². The number of hydrogen-bond acceptors (Lipinski definition) is 6. The number of hydrogen-bond donors (Lipinski definition) is 0. The fourth-order valence-corrected chi connectivity index (χ4v) is 1.92. The molecule has 0 saturated carbocycles. The summed E-state index contributed by atoms with van der Waals surface area (Å²) in [6.07, 6.45) is -0.862. The molecule has 8 heteroatoms. The molecule has 0 saturated heterocycles. The molecular formula is C18H18N2O6. The number of carbonyl (C=O) groups excluding carboxylic acids is 2. The van der Waals surface area contributed by atoms with Gasteiger partial charge in [-0.3, -0.25) is 10.1 Å². The lowest BCUT2D eigenvalue weighted by atomic mass is 10.2. The third-order valence-corrected chi connectivity index (χ3v) is 3.04. The summed E-state index contributed by atoms with van der Waals surface area (Å²) in [4.78, 5) is 40.0. The number of anilines is 1.